The van der Waals surface area contributed by atoms with Crippen molar-refractivity contribution in [3.05, 3.63) is 38.8 Å². The molecule has 0 aliphatic heterocycles. The lowest BCUT2D eigenvalue weighted by atomic mass is 10.2. The maximum atomic E-state index is 10.2. The zero-order valence-corrected chi connectivity index (χ0v) is 11.3. The summed E-state index contributed by atoms with van der Waals surface area (Å²) in [5.74, 6) is 0. The Balaban J connectivity index is 2.26. The Labute approximate surface area is 107 Å². The number of rotatable bonds is 4. The third-order valence-corrected chi connectivity index (χ3v) is 4.00. The van der Waals surface area contributed by atoms with Crippen LogP contribution in [0.15, 0.2) is 28.2 Å². The maximum Gasteiger partial charge on any atom is 0.130 e. The molecule has 86 valence electrons. The molecule has 3 nitrogen and oxygen atoms in total. The summed E-state index contributed by atoms with van der Waals surface area (Å²) in [5, 5.41) is 14.4. The zero-order valence-electron chi connectivity index (χ0n) is 8.93. The smallest absolute Gasteiger partial charge is 0.130 e. The van der Waals surface area contributed by atoms with Gasteiger partial charge in [-0.2, -0.15) is 5.10 Å². The molecule has 2 aromatic heterocycles. The fourth-order valence-corrected chi connectivity index (χ4v) is 3.02. The average molecular weight is 301 g/mol. The van der Waals surface area contributed by atoms with Crippen molar-refractivity contribution in [1.82, 2.24) is 9.78 Å². The van der Waals surface area contributed by atoms with E-state index in [1.165, 1.54) is 0 Å². The Bertz CT molecular complexity index is 466. The van der Waals surface area contributed by atoms with Crippen molar-refractivity contribution in [3.63, 3.8) is 0 Å². The van der Waals surface area contributed by atoms with Gasteiger partial charge in [0.1, 0.15) is 6.10 Å². The van der Waals surface area contributed by atoms with Gasteiger partial charge >= 0.3 is 0 Å². The van der Waals surface area contributed by atoms with Crippen LogP contribution in [0, 0.1) is 0 Å². The van der Waals surface area contributed by atoms with Gasteiger partial charge in [-0.15, -0.1) is 11.3 Å². The third kappa shape index (κ3) is 2.36. The van der Waals surface area contributed by atoms with Crippen molar-refractivity contribution in [2.24, 2.45) is 0 Å². The van der Waals surface area contributed by atoms with E-state index in [1.807, 2.05) is 22.9 Å². The number of hydrogen-bond donors (Lipinski definition) is 1. The molecular formula is C11H13BrN2OS. The first kappa shape index (κ1) is 11.8. The highest BCUT2D eigenvalue weighted by molar-refractivity contribution is 9.11. The van der Waals surface area contributed by atoms with Gasteiger partial charge in [-0.25, -0.2) is 0 Å². The number of aliphatic hydroxyl groups is 1. The van der Waals surface area contributed by atoms with Gasteiger partial charge < -0.3 is 5.11 Å². The minimum absolute atomic E-state index is 0.578. The van der Waals surface area contributed by atoms with Crippen LogP contribution in [0.5, 0.6) is 0 Å². The van der Waals surface area contributed by atoms with Crippen molar-refractivity contribution >= 4 is 27.3 Å². The number of aliphatic hydroxyl groups excluding tert-OH is 1. The van der Waals surface area contributed by atoms with E-state index in [1.54, 1.807) is 17.5 Å². The van der Waals surface area contributed by atoms with Crippen LogP contribution in [0.4, 0.5) is 0 Å². The predicted octanol–water partition coefficient (Wildman–Crippen LogP) is 3.20. The van der Waals surface area contributed by atoms with Gasteiger partial charge in [-0.3, -0.25) is 4.68 Å². The third-order valence-electron chi connectivity index (χ3n) is 2.33. The fraction of sp³-hybridized carbons (Fsp3) is 0.364. The Morgan fingerprint density at radius 2 is 2.31 bits per heavy atom. The topological polar surface area (TPSA) is 38.0 Å². The van der Waals surface area contributed by atoms with Crippen LogP contribution in [0.2, 0.25) is 0 Å². The van der Waals surface area contributed by atoms with E-state index in [-0.39, 0.29) is 0 Å². The molecule has 1 unspecified atom stereocenters. The molecule has 0 saturated carbocycles. The van der Waals surface area contributed by atoms with Crippen molar-refractivity contribution in [1.29, 1.82) is 0 Å². The number of hydrogen-bond acceptors (Lipinski definition) is 3. The molecule has 1 N–H and O–H groups in total. The Morgan fingerprint density at radius 3 is 2.94 bits per heavy atom. The van der Waals surface area contributed by atoms with Gasteiger partial charge in [0.05, 0.1) is 9.48 Å². The van der Waals surface area contributed by atoms with E-state index in [0.29, 0.717) is 0 Å². The largest absolute Gasteiger partial charge is 0.381 e. The van der Waals surface area contributed by atoms with Gasteiger partial charge in [0.25, 0.3) is 0 Å². The standard InChI is InChI=1S/C11H13BrN2OS/c1-2-7-14-8(5-6-13-14)11(15)9-3-4-10(12)16-9/h3-6,11,15H,2,7H2,1H3. The number of nitrogens with zero attached hydrogens (tertiary/aromatic N) is 2. The molecule has 0 saturated heterocycles. The number of aryl methyl sites for hydroxylation is 1. The summed E-state index contributed by atoms with van der Waals surface area (Å²) in [4.78, 5) is 0.935. The molecule has 2 heterocycles. The summed E-state index contributed by atoms with van der Waals surface area (Å²) < 4.78 is 2.89. The highest BCUT2D eigenvalue weighted by Gasteiger charge is 2.16. The lowest BCUT2D eigenvalue weighted by Gasteiger charge is -2.11. The molecule has 1 atom stereocenters. The second-order valence-corrected chi connectivity index (χ2v) is 6.02. The molecule has 0 radical (unpaired) electrons. The summed E-state index contributed by atoms with van der Waals surface area (Å²) in [7, 11) is 0. The highest BCUT2D eigenvalue weighted by Crippen LogP contribution is 2.30. The molecule has 16 heavy (non-hydrogen) atoms. The first-order valence-corrected chi connectivity index (χ1v) is 6.78. The van der Waals surface area contributed by atoms with Gasteiger partial charge in [0.15, 0.2) is 0 Å². The van der Waals surface area contributed by atoms with E-state index >= 15 is 0 Å². The molecule has 0 bridgehead atoms. The van der Waals surface area contributed by atoms with Crippen LogP contribution in [0.1, 0.15) is 30.0 Å². The van der Waals surface area contributed by atoms with Crippen LogP contribution in [0.25, 0.3) is 0 Å². The van der Waals surface area contributed by atoms with E-state index in [4.69, 9.17) is 0 Å². The van der Waals surface area contributed by atoms with E-state index in [0.717, 1.165) is 27.3 Å². The van der Waals surface area contributed by atoms with E-state index in [2.05, 4.69) is 28.0 Å². The highest BCUT2D eigenvalue weighted by atomic mass is 79.9. The van der Waals surface area contributed by atoms with E-state index in [9.17, 15) is 5.11 Å². The van der Waals surface area contributed by atoms with Gasteiger partial charge in [-0.1, -0.05) is 6.92 Å². The van der Waals surface area contributed by atoms with Crippen LogP contribution in [-0.4, -0.2) is 14.9 Å². The molecule has 2 rings (SSSR count). The summed E-state index contributed by atoms with van der Waals surface area (Å²) >= 11 is 4.94. The van der Waals surface area contributed by atoms with Gasteiger partial charge in [0, 0.05) is 17.6 Å². The Hall–Kier alpha value is -0.650. The average Bonchev–Trinajstić information content (AvgIpc) is 2.87. The molecule has 0 fully saturated rings. The minimum atomic E-state index is -0.578. The number of thiophene rings is 1. The van der Waals surface area contributed by atoms with Crippen molar-refractivity contribution in [2.75, 3.05) is 0 Å². The second kappa shape index (κ2) is 5.12. The Kier molecular flexibility index (Phi) is 3.78. The van der Waals surface area contributed by atoms with Crippen LogP contribution in [0.3, 0.4) is 0 Å². The summed E-state index contributed by atoms with van der Waals surface area (Å²) in [6, 6.07) is 5.75. The molecule has 5 heteroatoms. The first-order chi connectivity index (χ1) is 7.72. The van der Waals surface area contributed by atoms with Crippen molar-refractivity contribution in [2.45, 2.75) is 26.0 Å². The van der Waals surface area contributed by atoms with Crippen LogP contribution in [-0.2, 0) is 6.54 Å². The lowest BCUT2D eigenvalue weighted by molar-refractivity contribution is 0.211. The molecule has 0 aliphatic carbocycles. The molecule has 0 aliphatic rings. The van der Waals surface area contributed by atoms with Crippen LogP contribution < -0.4 is 0 Å². The minimum Gasteiger partial charge on any atom is -0.381 e. The molecular weight excluding hydrogens is 288 g/mol. The molecule has 0 spiro atoms. The van der Waals surface area contributed by atoms with Crippen molar-refractivity contribution in [3.8, 4) is 0 Å². The van der Waals surface area contributed by atoms with E-state index < -0.39 is 6.10 Å². The molecule has 0 amide bonds. The zero-order chi connectivity index (χ0) is 11.5. The SMILES string of the molecule is CCCn1nccc1C(O)c1ccc(Br)s1. The lowest BCUT2D eigenvalue weighted by Crippen LogP contribution is -2.09. The summed E-state index contributed by atoms with van der Waals surface area (Å²) in [5.41, 5.74) is 0.858. The monoisotopic (exact) mass is 300 g/mol. The quantitative estimate of drug-likeness (QED) is 0.941. The molecule has 0 aromatic carbocycles. The second-order valence-electron chi connectivity index (χ2n) is 3.52. The number of aromatic nitrogens is 2. The van der Waals surface area contributed by atoms with Gasteiger partial charge in [0.2, 0.25) is 0 Å². The first-order valence-electron chi connectivity index (χ1n) is 5.17. The maximum absolute atomic E-state index is 10.2. The van der Waals surface area contributed by atoms with Gasteiger partial charge in [-0.05, 0) is 40.5 Å². The summed E-state index contributed by atoms with van der Waals surface area (Å²) in [6.07, 6.45) is 2.16. The van der Waals surface area contributed by atoms with Crippen molar-refractivity contribution < 1.29 is 5.11 Å². The molecule has 2 aromatic rings. The fourth-order valence-electron chi connectivity index (χ4n) is 1.59. The normalized spacial score (nSPS) is 12.9. The Morgan fingerprint density at radius 1 is 1.50 bits per heavy atom. The van der Waals surface area contributed by atoms with Crippen LogP contribution >= 0.6 is 27.3 Å². The summed E-state index contributed by atoms with van der Waals surface area (Å²) in [6.45, 7) is 2.94. The number of halogens is 1. The predicted molar refractivity (Wildman–Crippen MR) is 68.6 cm³/mol.